The van der Waals surface area contributed by atoms with E-state index in [4.69, 9.17) is 27.9 Å². The van der Waals surface area contributed by atoms with Crippen LogP contribution in [-0.2, 0) is 6.54 Å². The average molecular weight is 314 g/mol. The third-order valence-corrected chi connectivity index (χ3v) is 3.45. The van der Waals surface area contributed by atoms with Crippen LogP contribution < -0.4 is 10.1 Å². The van der Waals surface area contributed by atoms with Crippen molar-refractivity contribution in [3.05, 3.63) is 57.8 Å². The van der Waals surface area contributed by atoms with Crippen molar-refractivity contribution in [2.45, 2.75) is 13.5 Å². The van der Waals surface area contributed by atoms with Gasteiger partial charge in [0.2, 0.25) is 0 Å². The van der Waals surface area contributed by atoms with Crippen LogP contribution in [0, 0.1) is 5.82 Å². The van der Waals surface area contributed by atoms with Crippen molar-refractivity contribution >= 4 is 28.9 Å². The van der Waals surface area contributed by atoms with Crippen molar-refractivity contribution in [2.24, 2.45) is 0 Å². The normalized spacial score (nSPS) is 10.4. The quantitative estimate of drug-likeness (QED) is 0.824. The molecule has 0 aliphatic rings. The first-order valence-electron chi connectivity index (χ1n) is 6.20. The number of anilines is 1. The lowest BCUT2D eigenvalue weighted by molar-refractivity contribution is 0.340. The first-order chi connectivity index (χ1) is 9.60. The number of hydrogen-bond acceptors (Lipinski definition) is 2. The van der Waals surface area contributed by atoms with E-state index in [0.717, 1.165) is 11.3 Å². The molecule has 0 saturated heterocycles. The predicted octanol–water partition coefficient (Wildman–Crippen LogP) is 5.14. The maximum absolute atomic E-state index is 13.2. The standard InChI is InChI=1S/C15H14Cl2FNO/c1-2-20-15-8-11(18)4-6-14(15)19-9-10-3-5-12(16)13(17)7-10/h3-8,19H,2,9H2,1H3. The van der Waals surface area contributed by atoms with Crippen LogP contribution in [0.5, 0.6) is 5.75 Å². The van der Waals surface area contributed by atoms with E-state index in [0.29, 0.717) is 28.9 Å². The molecule has 0 amide bonds. The van der Waals surface area contributed by atoms with Crippen LogP contribution in [0.3, 0.4) is 0 Å². The van der Waals surface area contributed by atoms with Gasteiger partial charge in [0.05, 0.1) is 22.3 Å². The molecule has 0 spiro atoms. The number of nitrogens with one attached hydrogen (secondary N) is 1. The van der Waals surface area contributed by atoms with E-state index >= 15 is 0 Å². The Morgan fingerprint density at radius 1 is 1.10 bits per heavy atom. The predicted molar refractivity (Wildman–Crippen MR) is 81.4 cm³/mol. The highest BCUT2D eigenvalue weighted by atomic mass is 35.5. The van der Waals surface area contributed by atoms with Gasteiger partial charge >= 0.3 is 0 Å². The third kappa shape index (κ3) is 3.78. The summed E-state index contributed by atoms with van der Waals surface area (Å²) >= 11 is 11.8. The van der Waals surface area contributed by atoms with Crippen LogP contribution in [0.4, 0.5) is 10.1 Å². The molecule has 0 bridgehead atoms. The van der Waals surface area contributed by atoms with Gasteiger partial charge in [-0.25, -0.2) is 4.39 Å². The molecule has 0 atom stereocenters. The molecule has 1 N–H and O–H groups in total. The fourth-order valence-corrected chi connectivity index (χ4v) is 2.08. The minimum absolute atomic E-state index is 0.325. The van der Waals surface area contributed by atoms with E-state index in [1.54, 1.807) is 18.2 Å². The van der Waals surface area contributed by atoms with E-state index in [1.165, 1.54) is 12.1 Å². The maximum atomic E-state index is 13.2. The van der Waals surface area contributed by atoms with Crippen LogP contribution in [-0.4, -0.2) is 6.61 Å². The SMILES string of the molecule is CCOc1cc(F)ccc1NCc1ccc(Cl)c(Cl)c1. The molecular weight excluding hydrogens is 300 g/mol. The maximum Gasteiger partial charge on any atom is 0.145 e. The van der Waals surface area contributed by atoms with Gasteiger partial charge in [-0.1, -0.05) is 29.3 Å². The van der Waals surface area contributed by atoms with Gasteiger partial charge in [0.15, 0.2) is 0 Å². The van der Waals surface area contributed by atoms with Gasteiger partial charge in [0, 0.05) is 12.6 Å². The van der Waals surface area contributed by atoms with Crippen LogP contribution in [0.1, 0.15) is 12.5 Å². The highest BCUT2D eigenvalue weighted by Crippen LogP contribution is 2.27. The minimum atomic E-state index is -0.325. The van der Waals surface area contributed by atoms with Crippen molar-refractivity contribution in [3.8, 4) is 5.75 Å². The number of rotatable bonds is 5. The smallest absolute Gasteiger partial charge is 0.145 e. The van der Waals surface area contributed by atoms with Gasteiger partial charge in [-0.15, -0.1) is 0 Å². The second-order valence-electron chi connectivity index (χ2n) is 4.18. The molecule has 106 valence electrons. The lowest BCUT2D eigenvalue weighted by atomic mass is 10.2. The first kappa shape index (κ1) is 14.9. The fourth-order valence-electron chi connectivity index (χ4n) is 1.76. The summed E-state index contributed by atoms with van der Waals surface area (Å²) in [6, 6.07) is 9.82. The molecule has 0 saturated carbocycles. The van der Waals surface area contributed by atoms with Gasteiger partial charge in [-0.3, -0.25) is 0 Å². The van der Waals surface area contributed by atoms with Crippen LogP contribution in [0.15, 0.2) is 36.4 Å². The van der Waals surface area contributed by atoms with Gasteiger partial charge < -0.3 is 10.1 Å². The summed E-state index contributed by atoms with van der Waals surface area (Å²) in [7, 11) is 0. The topological polar surface area (TPSA) is 21.3 Å². The summed E-state index contributed by atoms with van der Waals surface area (Å²) in [6.07, 6.45) is 0. The number of benzene rings is 2. The molecule has 2 aromatic carbocycles. The molecule has 5 heteroatoms. The Bertz CT molecular complexity index is 604. The van der Waals surface area contributed by atoms with Crippen LogP contribution >= 0.6 is 23.2 Å². The lowest BCUT2D eigenvalue weighted by Crippen LogP contribution is -2.03. The number of hydrogen-bond donors (Lipinski definition) is 1. The minimum Gasteiger partial charge on any atom is -0.492 e. The molecular formula is C15H14Cl2FNO. The van der Waals surface area contributed by atoms with Crippen molar-refractivity contribution < 1.29 is 9.13 Å². The van der Waals surface area contributed by atoms with Crippen molar-refractivity contribution in [2.75, 3.05) is 11.9 Å². The van der Waals surface area contributed by atoms with Gasteiger partial charge in [-0.05, 0) is 36.8 Å². The first-order valence-corrected chi connectivity index (χ1v) is 6.96. The van der Waals surface area contributed by atoms with Crippen LogP contribution in [0.2, 0.25) is 10.0 Å². The largest absolute Gasteiger partial charge is 0.492 e. The molecule has 0 unspecified atom stereocenters. The Labute approximate surface area is 127 Å². The lowest BCUT2D eigenvalue weighted by Gasteiger charge is -2.12. The summed E-state index contributed by atoms with van der Waals surface area (Å²) in [5.41, 5.74) is 1.71. The highest BCUT2D eigenvalue weighted by Gasteiger charge is 2.06. The number of ether oxygens (including phenoxy) is 1. The molecule has 20 heavy (non-hydrogen) atoms. The van der Waals surface area contributed by atoms with E-state index in [1.807, 2.05) is 13.0 Å². The average Bonchev–Trinajstić information content (AvgIpc) is 2.42. The molecule has 2 rings (SSSR count). The van der Waals surface area contributed by atoms with E-state index in [-0.39, 0.29) is 5.82 Å². The third-order valence-electron chi connectivity index (χ3n) is 2.71. The summed E-state index contributed by atoms with van der Waals surface area (Å²) in [6.45, 7) is 2.88. The number of halogens is 3. The van der Waals surface area contributed by atoms with Gasteiger partial charge in [0.1, 0.15) is 11.6 Å². The van der Waals surface area contributed by atoms with Crippen molar-refractivity contribution in [1.82, 2.24) is 0 Å². The second-order valence-corrected chi connectivity index (χ2v) is 4.99. The molecule has 0 heterocycles. The zero-order chi connectivity index (χ0) is 14.5. The Morgan fingerprint density at radius 2 is 1.90 bits per heavy atom. The van der Waals surface area contributed by atoms with Crippen molar-refractivity contribution in [3.63, 3.8) is 0 Å². The zero-order valence-corrected chi connectivity index (χ0v) is 12.4. The molecule has 0 fully saturated rings. The van der Waals surface area contributed by atoms with E-state index < -0.39 is 0 Å². The second kappa shape index (κ2) is 6.82. The summed E-state index contributed by atoms with van der Waals surface area (Å²) < 4.78 is 18.6. The molecule has 2 nitrogen and oxygen atoms in total. The van der Waals surface area contributed by atoms with Gasteiger partial charge in [0.25, 0.3) is 0 Å². The molecule has 0 aromatic heterocycles. The Balaban J connectivity index is 2.11. The Kier molecular flexibility index (Phi) is 5.10. The monoisotopic (exact) mass is 313 g/mol. The van der Waals surface area contributed by atoms with E-state index in [2.05, 4.69) is 5.32 Å². The van der Waals surface area contributed by atoms with Crippen LogP contribution in [0.25, 0.3) is 0 Å². The highest BCUT2D eigenvalue weighted by molar-refractivity contribution is 6.42. The molecule has 0 aliphatic carbocycles. The zero-order valence-electron chi connectivity index (χ0n) is 10.9. The molecule has 2 aromatic rings. The Hall–Kier alpha value is -1.45. The van der Waals surface area contributed by atoms with Gasteiger partial charge in [-0.2, -0.15) is 0 Å². The Morgan fingerprint density at radius 3 is 2.60 bits per heavy atom. The molecule has 0 radical (unpaired) electrons. The van der Waals surface area contributed by atoms with Crippen molar-refractivity contribution in [1.29, 1.82) is 0 Å². The van der Waals surface area contributed by atoms with E-state index in [9.17, 15) is 4.39 Å². The summed E-state index contributed by atoms with van der Waals surface area (Å²) in [5, 5.41) is 4.22. The summed E-state index contributed by atoms with van der Waals surface area (Å²) in [5.74, 6) is 0.168. The summed E-state index contributed by atoms with van der Waals surface area (Å²) in [4.78, 5) is 0. The molecule has 0 aliphatic heterocycles. The fraction of sp³-hybridized carbons (Fsp3) is 0.200.